The highest BCUT2D eigenvalue weighted by Crippen LogP contribution is 2.26. The number of nitrogens with one attached hydrogen (secondary N) is 1. The van der Waals surface area contributed by atoms with E-state index in [9.17, 15) is 27.6 Å². The third-order valence-electron chi connectivity index (χ3n) is 7.02. The van der Waals surface area contributed by atoms with Gasteiger partial charge in [-0.1, -0.05) is 42.5 Å². The Morgan fingerprint density at radius 3 is 2.35 bits per heavy atom. The van der Waals surface area contributed by atoms with E-state index in [2.05, 4.69) is 10.3 Å². The number of carbonyl (C=O) groups excluding carboxylic acids is 3. The van der Waals surface area contributed by atoms with Crippen LogP contribution in [0.1, 0.15) is 47.5 Å². The molecule has 0 bridgehead atoms. The molecule has 4 N–H and O–H groups in total. The molecule has 1 saturated heterocycles. The predicted molar refractivity (Wildman–Crippen MR) is 156 cm³/mol. The Morgan fingerprint density at radius 1 is 1.07 bits per heavy atom. The molecule has 3 aromatic rings. The van der Waals surface area contributed by atoms with Gasteiger partial charge in [-0.15, -0.1) is 11.3 Å². The molecule has 0 radical (unpaired) electrons. The van der Waals surface area contributed by atoms with Gasteiger partial charge in [0.2, 0.25) is 11.8 Å². The van der Waals surface area contributed by atoms with E-state index in [0.717, 1.165) is 35.2 Å². The number of fused-ring (bicyclic) bond motifs is 1. The minimum absolute atomic E-state index is 0.0647. The Morgan fingerprint density at radius 2 is 1.74 bits per heavy atom. The number of Topliss-reactive ketones (excluding diaryl/α,β-unsaturated/α-hetero) is 1. The van der Waals surface area contributed by atoms with Crippen LogP contribution in [-0.2, 0) is 20.8 Å². The number of amides is 2. The highest BCUT2D eigenvalue weighted by molar-refractivity contribution is 7.20. The van der Waals surface area contributed by atoms with Crippen LogP contribution in [0, 0.1) is 11.8 Å². The van der Waals surface area contributed by atoms with Crippen LogP contribution in [0.2, 0.25) is 0 Å². The normalized spacial score (nSPS) is 15.7. The first-order chi connectivity index (χ1) is 20.5. The van der Waals surface area contributed by atoms with E-state index >= 15 is 0 Å². The highest BCUT2D eigenvalue weighted by Gasteiger charge is 2.38. The molecule has 232 valence electrons. The number of halogens is 3. The molecule has 13 heteroatoms. The number of piperidine rings is 1. The molecule has 4 rings (SSSR count). The summed E-state index contributed by atoms with van der Waals surface area (Å²) in [7, 11) is 0. The number of carboxylic acid groups (broad SMARTS) is 1. The van der Waals surface area contributed by atoms with Crippen LogP contribution in [0.5, 0.6) is 0 Å². The number of nitrogens with zero attached hydrogens (tertiary/aromatic N) is 2. The number of rotatable bonds is 11. The van der Waals surface area contributed by atoms with E-state index in [-0.39, 0.29) is 36.5 Å². The van der Waals surface area contributed by atoms with Gasteiger partial charge in [-0.3, -0.25) is 19.3 Å². The molecule has 2 amide bonds. The second-order valence-corrected chi connectivity index (χ2v) is 11.2. The number of benzene rings is 2. The fourth-order valence-electron chi connectivity index (χ4n) is 4.72. The van der Waals surface area contributed by atoms with Crippen LogP contribution < -0.4 is 11.1 Å². The minimum Gasteiger partial charge on any atom is -0.475 e. The van der Waals surface area contributed by atoms with Crippen molar-refractivity contribution in [2.45, 2.75) is 44.7 Å². The van der Waals surface area contributed by atoms with Gasteiger partial charge in [0.1, 0.15) is 0 Å². The van der Waals surface area contributed by atoms with Crippen molar-refractivity contribution in [3.05, 3.63) is 65.2 Å². The second kappa shape index (κ2) is 16.2. The van der Waals surface area contributed by atoms with Gasteiger partial charge in [0.05, 0.1) is 16.1 Å². The fraction of sp³-hybridized carbons (Fsp3) is 0.433. The molecule has 2 aromatic carbocycles. The van der Waals surface area contributed by atoms with Gasteiger partial charge in [0.25, 0.3) is 0 Å². The molecule has 1 fully saturated rings. The topological polar surface area (TPSA) is 143 Å². The van der Waals surface area contributed by atoms with Crippen LogP contribution in [0.15, 0.2) is 54.6 Å². The molecule has 1 aliphatic heterocycles. The van der Waals surface area contributed by atoms with E-state index in [1.165, 1.54) is 16.2 Å². The van der Waals surface area contributed by atoms with Gasteiger partial charge in [-0.05, 0) is 62.9 Å². The second-order valence-electron chi connectivity index (χ2n) is 10.1. The molecular formula is C30H35F3N4O5S. The van der Waals surface area contributed by atoms with E-state index in [4.69, 9.17) is 15.6 Å². The fourth-order valence-corrected chi connectivity index (χ4v) is 5.70. The minimum atomic E-state index is -5.08. The number of carbonyl (C=O) groups is 4. The molecular weight excluding hydrogens is 585 g/mol. The smallest absolute Gasteiger partial charge is 0.475 e. The third-order valence-corrected chi connectivity index (χ3v) is 8.07. The zero-order chi connectivity index (χ0) is 31.4. The first kappa shape index (κ1) is 33.8. The van der Waals surface area contributed by atoms with Crippen molar-refractivity contribution in [1.82, 2.24) is 15.2 Å². The number of ketones is 1. The number of carboxylic acids is 1. The SMILES string of the molecule is NCCC(CCN(C(=O)CCc1ccccc1)C(=O)[C@@H]1CCCNC1)C(=O)c1nc2ccccc2s1.O=C(O)C(F)(F)F. The molecule has 1 aromatic heterocycles. The maximum atomic E-state index is 13.4. The molecule has 1 aliphatic rings. The molecule has 2 heterocycles. The lowest BCUT2D eigenvalue weighted by atomic mass is 9.94. The van der Waals surface area contributed by atoms with Crippen molar-refractivity contribution >= 4 is 45.1 Å². The molecule has 43 heavy (non-hydrogen) atoms. The summed E-state index contributed by atoms with van der Waals surface area (Å²) in [6, 6.07) is 17.5. The van der Waals surface area contributed by atoms with E-state index in [0.29, 0.717) is 37.4 Å². The lowest BCUT2D eigenvalue weighted by Crippen LogP contribution is -2.46. The molecule has 9 nitrogen and oxygen atoms in total. The number of alkyl halides is 3. The maximum Gasteiger partial charge on any atom is 0.490 e. The van der Waals surface area contributed by atoms with Crippen molar-refractivity contribution in [1.29, 1.82) is 0 Å². The van der Waals surface area contributed by atoms with Gasteiger partial charge in [0, 0.05) is 25.4 Å². The van der Waals surface area contributed by atoms with Crippen LogP contribution in [0.25, 0.3) is 10.2 Å². The van der Waals surface area contributed by atoms with E-state index < -0.39 is 18.1 Å². The number of aliphatic carboxylic acids is 1. The van der Waals surface area contributed by atoms with E-state index in [1.54, 1.807) is 0 Å². The Hall–Kier alpha value is -3.68. The van der Waals surface area contributed by atoms with Gasteiger partial charge < -0.3 is 16.2 Å². The van der Waals surface area contributed by atoms with Crippen LogP contribution in [0.3, 0.4) is 0 Å². The van der Waals surface area contributed by atoms with Crippen LogP contribution in [0.4, 0.5) is 13.2 Å². The Labute approximate surface area is 251 Å². The Balaban J connectivity index is 0.000000646. The number of hydrogen-bond acceptors (Lipinski definition) is 8. The summed E-state index contributed by atoms with van der Waals surface area (Å²) in [6.45, 7) is 2.03. The summed E-state index contributed by atoms with van der Waals surface area (Å²) in [5.74, 6) is -3.75. The van der Waals surface area contributed by atoms with E-state index in [1.807, 2.05) is 54.6 Å². The number of thiazole rings is 1. The maximum absolute atomic E-state index is 13.4. The summed E-state index contributed by atoms with van der Waals surface area (Å²) in [4.78, 5) is 54.9. The molecule has 1 unspecified atom stereocenters. The molecule has 0 aliphatic carbocycles. The van der Waals surface area contributed by atoms with Gasteiger partial charge >= 0.3 is 12.1 Å². The van der Waals surface area contributed by atoms with Crippen molar-refractivity contribution < 1.29 is 37.5 Å². The van der Waals surface area contributed by atoms with Gasteiger partial charge in [0.15, 0.2) is 10.8 Å². The summed E-state index contributed by atoms with van der Waals surface area (Å²) in [5.41, 5.74) is 7.71. The lowest BCUT2D eigenvalue weighted by molar-refractivity contribution is -0.192. The highest BCUT2D eigenvalue weighted by atomic mass is 32.1. The largest absolute Gasteiger partial charge is 0.490 e. The number of aryl methyl sites for hydroxylation is 1. The lowest BCUT2D eigenvalue weighted by Gasteiger charge is -2.29. The van der Waals surface area contributed by atoms with Crippen molar-refractivity contribution in [2.75, 3.05) is 26.2 Å². The summed E-state index contributed by atoms with van der Waals surface area (Å²) in [5, 5.41) is 10.9. The summed E-state index contributed by atoms with van der Waals surface area (Å²) >= 11 is 1.38. The van der Waals surface area contributed by atoms with Gasteiger partial charge in [-0.2, -0.15) is 13.2 Å². The van der Waals surface area contributed by atoms with Crippen molar-refractivity contribution in [3.63, 3.8) is 0 Å². The van der Waals surface area contributed by atoms with Crippen molar-refractivity contribution in [2.24, 2.45) is 17.6 Å². The summed E-state index contributed by atoms with van der Waals surface area (Å²) in [6.07, 6.45) is -1.71. The number of aromatic nitrogens is 1. The average molecular weight is 621 g/mol. The number of nitrogens with two attached hydrogens (primary N) is 1. The number of para-hydroxylation sites is 1. The quantitative estimate of drug-likeness (QED) is 0.267. The monoisotopic (exact) mass is 620 g/mol. The molecule has 0 saturated carbocycles. The van der Waals surface area contributed by atoms with Crippen LogP contribution in [-0.4, -0.2) is 70.9 Å². The molecule has 2 atom stereocenters. The number of hydrogen-bond donors (Lipinski definition) is 3. The standard InChI is InChI=1S/C28H34N4O3S.C2HF3O2/c29-16-14-21(26(34)27-31-23-10-4-5-11-24(23)36-27)15-18-32(28(35)22-9-6-17-30-19-22)25(33)13-12-20-7-2-1-3-8-20;3-2(4,5)1(6)7/h1-5,7-8,10-11,21-22,30H,6,9,12-19,29H2;(H,6,7)/t21?,22-;/m1./s1. The Bertz CT molecular complexity index is 1340. The first-order valence-corrected chi connectivity index (χ1v) is 14.8. The average Bonchev–Trinajstić information content (AvgIpc) is 3.44. The van der Waals surface area contributed by atoms with Crippen molar-refractivity contribution in [3.8, 4) is 0 Å². The third kappa shape index (κ3) is 10.2. The predicted octanol–water partition coefficient (Wildman–Crippen LogP) is 4.46. The van der Waals surface area contributed by atoms with Gasteiger partial charge in [-0.25, -0.2) is 9.78 Å². The van der Waals surface area contributed by atoms with Crippen LogP contribution >= 0.6 is 11.3 Å². The number of imide groups is 1. The zero-order valence-electron chi connectivity index (χ0n) is 23.5. The summed E-state index contributed by atoms with van der Waals surface area (Å²) < 4.78 is 32.7. The first-order valence-electron chi connectivity index (χ1n) is 14.0. The zero-order valence-corrected chi connectivity index (χ0v) is 24.3. The molecule has 0 spiro atoms. The Kier molecular flexibility index (Phi) is 12.8.